The lowest BCUT2D eigenvalue weighted by Crippen LogP contribution is -2.22. The van der Waals surface area contributed by atoms with E-state index >= 15 is 0 Å². The first-order valence-corrected chi connectivity index (χ1v) is 9.28. The zero-order valence-corrected chi connectivity index (χ0v) is 16.6. The number of rotatable bonds is 8. The summed E-state index contributed by atoms with van der Waals surface area (Å²) >= 11 is 6.00. The lowest BCUT2D eigenvalue weighted by molar-refractivity contribution is -0.393. The molecule has 0 amide bonds. The van der Waals surface area contributed by atoms with Crippen LogP contribution in [0, 0.1) is 20.2 Å². The lowest BCUT2D eigenvalue weighted by Gasteiger charge is -2.13. The van der Waals surface area contributed by atoms with Crippen LogP contribution < -0.4 is 5.32 Å². The summed E-state index contributed by atoms with van der Waals surface area (Å²) in [5, 5.41) is 53.0. The Morgan fingerprint density at radius 1 is 1.03 bits per heavy atom. The molecule has 1 atom stereocenters. The zero-order chi connectivity index (χ0) is 22.5. The number of hydrogen-bond donors (Lipinski definition) is 3. The maximum atomic E-state index is 11.3. The van der Waals surface area contributed by atoms with Gasteiger partial charge in [0.25, 0.3) is 5.69 Å². The number of aliphatic hydroxyl groups is 2. The van der Waals surface area contributed by atoms with Gasteiger partial charge in [0, 0.05) is 29.1 Å². The maximum absolute atomic E-state index is 11.3. The minimum Gasteiger partial charge on any atom is -0.394 e. The van der Waals surface area contributed by atoms with E-state index in [0.29, 0.717) is 16.8 Å². The standard InChI is InChI=1S/C19H16ClN5O6/c20-15-7-11(24(28)29)8-18(25(30)31)19(15)23-22-17-6-5-16(21-9-12(27)10-26)13-3-1-2-4-14(13)17/h1-8,12,21,26-27H,9-10H2. The van der Waals surface area contributed by atoms with E-state index in [1.807, 2.05) is 6.07 Å². The van der Waals surface area contributed by atoms with E-state index in [2.05, 4.69) is 15.5 Å². The number of nitro groups is 2. The number of azo groups is 1. The molecule has 0 aliphatic heterocycles. The first-order chi connectivity index (χ1) is 14.8. The Balaban J connectivity index is 2.03. The van der Waals surface area contributed by atoms with Crippen molar-refractivity contribution < 1.29 is 20.1 Å². The molecule has 0 radical (unpaired) electrons. The fourth-order valence-electron chi connectivity index (χ4n) is 2.83. The second-order valence-electron chi connectivity index (χ2n) is 6.40. The van der Waals surface area contributed by atoms with Gasteiger partial charge < -0.3 is 15.5 Å². The highest BCUT2D eigenvalue weighted by Gasteiger charge is 2.23. The van der Waals surface area contributed by atoms with Crippen LogP contribution in [0.25, 0.3) is 10.8 Å². The van der Waals surface area contributed by atoms with Crippen LogP contribution in [0.5, 0.6) is 0 Å². The molecule has 0 aliphatic rings. The number of benzene rings is 3. The van der Waals surface area contributed by atoms with Gasteiger partial charge in [0.1, 0.15) is 0 Å². The van der Waals surface area contributed by atoms with Crippen LogP contribution in [0.4, 0.5) is 28.4 Å². The van der Waals surface area contributed by atoms with Crippen LogP contribution in [-0.4, -0.2) is 39.3 Å². The van der Waals surface area contributed by atoms with Crippen molar-refractivity contribution in [3.63, 3.8) is 0 Å². The van der Waals surface area contributed by atoms with E-state index in [4.69, 9.17) is 16.7 Å². The van der Waals surface area contributed by atoms with Crippen molar-refractivity contribution in [1.29, 1.82) is 0 Å². The fourth-order valence-corrected chi connectivity index (χ4v) is 3.08. The molecule has 11 nitrogen and oxygen atoms in total. The molecule has 160 valence electrons. The number of anilines is 1. The third-order valence-electron chi connectivity index (χ3n) is 4.33. The first-order valence-electron chi connectivity index (χ1n) is 8.90. The number of aliphatic hydroxyl groups excluding tert-OH is 2. The number of halogens is 1. The summed E-state index contributed by atoms with van der Waals surface area (Å²) in [7, 11) is 0. The predicted molar refractivity (Wildman–Crippen MR) is 114 cm³/mol. The molecule has 3 aromatic carbocycles. The van der Waals surface area contributed by atoms with Gasteiger partial charge in [-0.3, -0.25) is 20.2 Å². The van der Waals surface area contributed by atoms with Crippen LogP contribution in [0.15, 0.2) is 58.8 Å². The number of nitrogens with one attached hydrogen (secondary N) is 1. The Kier molecular flexibility index (Phi) is 6.70. The summed E-state index contributed by atoms with van der Waals surface area (Å²) in [4.78, 5) is 20.7. The molecule has 1 unspecified atom stereocenters. The monoisotopic (exact) mass is 445 g/mol. The average molecular weight is 446 g/mol. The van der Waals surface area contributed by atoms with Crippen LogP contribution in [-0.2, 0) is 0 Å². The normalized spacial score (nSPS) is 12.2. The number of non-ortho nitro benzene ring substituents is 1. The number of hydrogen-bond acceptors (Lipinski definition) is 9. The molecule has 0 aromatic heterocycles. The van der Waals surface area contributed by atoms with Crippen molar-refractivity contribution in [3.8, 4) is 0 Å². The van der Waals surface area contributed by atoms with E-state index in [1.54, 1.807) is 30.3 Å². The molecule has 31 heavy (non-hydrogen) atoms. The zero-order valence-electron chi connectivity index (χ0n) is 15.8. The molecule has 3 N–H and O–H groups in total. The molecule has 0 saturated heterocycles. The Hall–Kier alpha value is -3.67. The lowest BCUT2D eigenvalue weighted by atomic mass is 10.1. The summed E-state index contributed by atoms with van der Waals surface area (Å²) in [6.45, 7) is -0.252. The number of fused-ring (bicyclic) bond motifs is 1. The summed E-state index contributed by atoms with van der Waals surface area (Å²) in [6, 6.07) is 12.2. The van der Waals surface area contributed by atoms with E-state index in [0.717, 1.165) is 17.5 Å². The molecular weight excluding hydrogens is 430 g/mol. The summed E-state index contributed by atoms with van der Waals surface area (Å²) in [6.07, 6.45) is -0.928. The minimum atomic E-state index is -0.928. The van der Waals surface area contributed by atoms with Crippen LogP contribution in [0.2, 0.25) is 5.02 Å². The largest absolute Gasteiger partial charge is 0.394 e. The van der Waals surface area contributed by atoms with Gasteiger partial charge >= 0.3 is 5.69 Å². The quantitative estimate of drug-likeness (QED) is 0.261. The van der Waals surface area contributed by atoms with E-state index in [1.165, 1.54) is 0 Å². The molecule has 12 heteroatoms. The van der Waals surface area contributed by atoms with Crippen molar-refractivity contribution in [2.45, 2.75) is 6.10 Å². The van der Waals surface area contributed by atoms with Gasteiger partial charge in [-0.25, -0.2) is 0 Å². The van der Waals surface area contributed by atoms with Crippen LogP contribution >= 0.6 is 11.6 Å². The smallest absolute Gasteiger partial charge is 0.305 e. The van der Waals surface area contributed by atoms with E-state index in [-0.39, 0.29) is 23.9 Å². The van der Waals surface area contributed by atoms with E-state index < -0.39 is 27.3 Å². The van der Waals surface area contributed by atoms with E-state index in [9.17, 15) is 25.3 Å². The fraction of sp³-hybridized carbons (Fsp3) is 0.158. The first kappa shape index (κ1) is 22.0. The number of nitrogens with zero attached hydrogens (tertiary/aromatic N) is 4. The molecule has 0 spiro atoms. The highest BCUT2D eigenvalue weighted by Crippen LogP contribution is 2.40. The average Bonchev–Trinajstić information content (AvgIpc) is 2.76. The molecule has 3 rings (SSSR count). The van der Waals surface area contributed by atoms with Gasteiger partial charge in [-0.1, -0.05) is 35.9 Å². The maximum Gasteiger partial charge on any atom is 0.305 e. The highest BCUT2D eigenvalue weighted by atomic mass is 35.5. The van der Waals surface area contributed by atoms with Gasteiger partial charge in [0.05, 0.1) is 39.3 Å². The second kappa shape index (κ2) is 9.43. The van der Waals surface area contributed by atoms with Gasteiger partial charge in [-0.15, -0.1) is 10.2 Å². The van der Waals surface area contributed by atoms with Crippen molar-refractivity contribution in [2.24, 2.45) is 10.2 Å². The molecule has 3 aromatic rings. The minimum absolute atomic E-state index is 0.131. The van der Waals surface area contributed by atoms with Crippen molar-refractivity contribution in [2.75, 3.05) is 18.5 Å². The number of nitro benzene ring substituents is 2. The Bertz CT molecular complexity index is 1190. The van der Waals surface area contributed by atoms with Crippen molar-refractivity contribution in [3.05, 3.63) is 73.8 Å². The van der Waals surface area contributed by atoms with Gasteiger partial charge in [0.2, 0.25) is 0 Å². The van der Waals surface area contributed by atoms with Gasteiger partial charge in [-0.2, -0.15) is 0 Å². The van der Waals surface area contributed by atoms with Gasteiger partial charge in [0.15, 0.2) is 5.69 Å². The molecule has 0 bridgehead atoms. The Morgan fingerprint density at radius 2 is 1.74 bits per heavy atom. The Labute approximate surface area is 179 Å². The molecular formula is C19H16ClN5O6. The predicted octanol–water partition coefficient (Wildman–Crippen LogP) is 4.49. The van der Waals surface area contributed by atoms with Crippen molar-refractivity contribution >= 4 is 50.8 Å². The summed E-state index contributed by atoms with van der Waals surface area (Å²) < 4.78 is 0. The molecule has 0 aliphatic carbocycles. The molecule has 0 saturated carbocycles. The third kappa shape index (κ3) is 4.91. The van der Waals surface area contributed by atoms with Crippen LogP contribution in [0.1, 0.15) is 0 Å². The van der Waals surface area contributed by atoms with Crippen LogP contribution in [0.3, 0.4) is 0 Å². The molecule has 0 heterocycles. The second-order valence-corrected chi connectivity index (χ2v) is 6.81. The topological polar surface area (TPSA) is 163 Å². The van der Waals surface area contributed by atoms with Crippen molar-refractivity contribution in [1.82, 2.24) is 0 Å². The molecule has 0 fully saturated rings. The highest BCUT2D eigenvalue weighted by molar-refractivity contribution is 6.33. The summed E-state index contributed by atoms with van der Waals surface area (Å²) in [5.41, 5.74) is -0.395. The van der Waals surface area contributed by atoms with Gasteiger partial charge in [-0.05, 0) is 12.1 Å². The summed E-state index contributed by atoms with van der Waals surface area (Å²) in [5.74, 6) is 0. The Morgan fingerprint density at radius 3 is 2.39 bits per heavy atom. The third-order valence-corrected chi connectivity index (χ3v) is 4.62. The SMILES string of the molecule is O=[N+]([O-])c1cc(Cl)c(N=Nc2ccc(NCC(O)CO)c3ccccc23)c([N+](=O)[O-])c1.